The van der Waals surface area contributed by atoms with Gasteiger partial charge in [-0.05, 0) is 31.0 Å². The average Bonchev–Trinajstić information content (AvgIpc) is 2.95. The number of amides is 3. The van der Waals surface area contributed by atoms with Crippen LogP contribution in [0.2, 0.25) is 10.0 Å². The molecule has 0 spiro atoms. The molecular formula is C21H23Cl2N3O2. The third-order valence-electron chi connectivity index (χ3n) is 4.82. The Kier molecular flexibility index (Phi) is 6.81. The molecule has 28 heavy (non-hydrogen) atoms. The fraction of sp³-hybridized carbons (Fsp3) is 0.333. The van der Waals surface area contributed by atoms with Crippen LogP contribution < -0.4 is 5.32 Å². The van der Waals surface area contributed by atoms with E-state index in [4.69, 9.17) is 23.2 Å². The second-order valence-corrected chi connectivity index (χ2v) is 7.66. The maximum atomic E-state index is 12.8. The zero-order valence-electron chi connectivity index (χ0n) is 15.8. The molecule has 148 valence electrons. The topological polar surface area (TPSA) is 52.7 Å². The van der Waals surface area contributed by atoms with E-state index in [-0.39, 0.29) is 17.0 Å². The molecule has 7 heteroatoms. The molecule has 0 bridgehead atoms. The van der Waals surface area contributed by atoms with Gasteiger partial charge in [-0.3, -0.25) is 4.79 Å². The summed E-state index contributed by atoms with van der Waals surface area (Å²) in [4.78, 5) is 28.8. The number of urea groups is 1. The highest BCUT2D eigenvalue weighted by Gasteiger charge is 2.24. The molecule has 1 N–H and O–H groups in total. The lowest BCUT2D eigenvalue weighted by Crippen LogP contribution is -2.42. The zero-order valence-corrected chi connectivity index (χ0v) is 17.3. The number of nitrogens with one attached hydrogen (secondary N) is 1. The van der Waals surface area contributed by atoms with Gasteiger partial charge in [0.25, 0.3) is 5.91 Å². The van der Waals surface area contributed by atoms with Gasteiger partial charge in [0.15, 0.2) is 0 Å². The Bertz CT molecular complexity index is 855. The van der Waals surface area contributed by atoms with Crippen LogP contribution in [0.3, 0.4) is 0 Å². The highest BCUT2D eigenvalue weighted by molar-refractivity contribution is 6.43. The smallest absolute Gasteiger partial charge is 0.317 e. The molecule has 0 unspecified atom stereocenters. The van der Waals surface area contributed by atoms with Crippen LogP contribution in [0.1, 0.15) is 27.9 Å². The van der Waals surface area contributed by atoms with Crippen molar-refractivity contribution in [1.82, 2.24) is 15.1 Å². The molecule has 1 fully saturated rings. The minimum Gasteiger partial charge on any atom is -0.337 e. The van der Waals surface area contributed by atoms with E-state index in [2.05, 4.69) is 5.32 Å². The Morgan fingerprint density at radius 2 is 1.64 bits per heavy atom. The molecule has 3 amide bonds. The Labute approximate surface area is 175 Å². The normalized spacial score (nSPS) is 14.5. The summed E-state index contributed by atoms with van der Waals surface area (Å²) in [5.74, 6) is -0.158. The molecule has 2 aromatic rings. The Balaban J connectivity index is 1.56. The SMILES string of the molecule is Cc1ccc(CNC(=O)N2CCCN(C(=O)c3cccc(Cl)c3Cl)CC2)cc1. The predicted molar refractivity (Wildman–Crippen MR) is 112 cm³/mol. The molecule has 5 nitrogen and oxygen atoms in total. The first-order valence-corrected chi connectivity index (χ1v) is 10.0. The van der Waals surface area contributed by atoms with Crippen LogP contribution in [0.5, 0.6) is 0 Å². The third kappa shape index (κ3) is 4.97. The summed E-state index contributed by atoms with van der Waals surface area (Å²) in [5, 5.41) is 3.58. The first-order chi connectivity index (χ1) is 13.5. The lowest BCUT2D eigenvalue weighted by Gasteiger charge is -2.23. The zero-order chi connectivity index (χ0) is 20.1. The van der Waals surface area contributed by atoms with Gasteiger partial charge >= 0.3 is 6.03 Å². The second kappa shape index (κ2) is 9.30. The van der Waals surface area contributed by atoms with E-state index in [1.54, 1.807) is 28.0 Å². The van der Waals surface area contributed by atoms with Crippen LogP contribution in [-0.4, -0.2) is 47.9 Å². The summed E-state index contributed by atoms with van der Waals surface area (Å²) < 4.78 is 0. The van der Waals surface area contributed by atoms with E-state index < -0.39 is 0 Å². The summed E-state index contributed by atoms with van der Waals surface area (Å²) in [6, 6.07) is 13.0. The first kappa shape index (κ1) is 20.5. The van der Waals surface area contributed by atoms with Gasteiger partial charge in [-0.1, -0.05) is 59.1 Å². The molecule has 0 saturated carbocycles. The molecule has 3 rings (SSSR count). The van der Waals surface area contributed by atoms with Gasteiger partial charge < -0.3 is 15.1 Å². The van der Waals surface area contributed by atoms with Crippen LogP contribution in [-0.2, 0) is 6.54 Å². The highest BCUT2D eigenvalue weighted by Crippen LogP contribution is 2.26. The molecule has 1 heterocycles. The minimum absolute atomic E-state index is 0.115. The lowest BCUT2D eigenvalue weighted by molar-refractivity contribution is 0.0762. The second-order valence-electron chi connectivity index (χ2n) is 6.88. The summed E-state index contributed by atoms with van der Waals surface area (Å²) in [6.07, 6.45) is 0.710. The molecule has 0 aliphatic carbocycles. The van der Waals surface area contributed by atoms with E-state index in [1.165, 1.54) is 5.56 Å². The number of hydrogen-bond acceptors (Lipinski definition) is 2. The van der Waals surface area contributed by atoms with E-state index >= 15 is 0 Å². The lowest BCUT2D eigenvalue weighted by atomic mass is 10.1. The predicted octanol–water partition coefficient (Wildman–Crippen LogP) is 4.36. The number of hydrogen-bond donors (Lipinski definition) is 1. The molecule has 2 aromatic carbocycles. The largest absolute Gasteiger partial charge is 0.337 e. The van der Waals surface area contributed by atoms with Crippen molar-refractivity contribution in [2.24, 2.45) is 0 Å². The summed E-state index contributed by atoms with van der Waals surface area (Å²) in [5.41, 5.74) is 2.64. The average molecular weight is 420 g/mol. The van der Waals surface area contributed by atoms with Crippen LogP contribution >= 0.6 is 23.2 Å². The fourth-order valence-electron chi connectivity index (χ4n) is 3.16. The molecular weight excluding hydrogens is 397 g/mol. The number of nitrogens with zero attached hydrogens (tertiary/aromatic N) is 2. The number of rotatable bonds is 3. The Morgan fingerprint density at radius 1 is 0.964 bits per heavy atom. The Hall–Kier alpha value is -2.24. The number of aryl methyl sites for hydroxylation is 1. The van der Waals surface area contributed by atoms with Gasteiger partial charge in [0.2, 0.25) is 0 Å². The Morgan fingerprint density at radius 3 is 2.39 bits per heavy atom. The van der Waals surface area contributed by atoms with Crippen molar-refractivity contribution >= 4 is 35.1 Å². The highest BCUT2D eigenvalue weighted by atomic mass is 35.5. The summed E-state index contributed by atoms with van der Waals surface area (Å²) in [7, 11) is 0. The maximum Gasteiger partial charge on any atom is 0.317 e. The van der Waals surface area contributed by atoms with Crippen molar-refractivity contribution in [2.45, 2.75) is 19.9 Å². The van der Waals surface area contributed by atoms with E-state index in [9.17, 15) is 9.59 Å². The van der Waals surface area contributed by atoms with Gasteiger partial charge in [-0.2, -0.15) is 0 Å². The van der Waals surface area contributed by atoms with Crippen molar-refractivity contribution in [3.05, 3.63) is 69.2 Å². The number of carbonyl (C=O) groups excluding carboxylic acids is 2. The maximum absolute atomic E-state index is 12.8. The molecule has 0 aromatic heterocycles. The third-order valence-corrected chi connectivity index (χ3v) is 5.64. The van der Waals surface area contributed by atoms with Crippen molar-refractivity contribution in [3.63, 3.8) is 0 Å². The monoisotopic (exact) mass is 419 g/mol. The van der Waals surface area contributed by atoms with Crippen LogP contribution in [0.15, 0.2) is 42.5 Å². The van der Waals surface area contributed by atoms with Gasteiger partial charge in [0, 0.05) is 32.7 Å². The molecule has 1 saturated heterocycles. The molecule has 0 atom stereocenters. The quantitative estimate of drug-likeness (QED) is 0.803. The van der Waals surface area contributed by atoms with E-state index in [1.807, 2.05) is 31.2 Å². The van der Waals surface area contributed by atoms with Crippen molar-refractivity contribution < 1.29 is 9.59 Å². The van der Waals surface area contributed by atoms with Gasteiger partial charge in [-0.25, -0.2) is 4.79 Å². The summed E-state index contributed by atoms with van der Waals surface area (Å²) in [6.45, 7) is 4.62. The standard InChI is InChI=1S/C21H23Cl2N3O2/c1-15-6-8-16(9-7-15)14-24-21(28)26-11-3-10-25(12-13-26)20(27)17-4-2-5-18(22)19(17)23/h2,4-9H,3,10-14H2,1H3,(H,24,28). The van der Waals surface area contributed by atoms with Crippen LogP contribution in [0.4, 0.5) is 4.79 Å². The number of benzene rings is 2. The fourth-order valence-corrected chi connectivity index (χ4v) is 3.54. The van der Waals surface area contributed by atoms with Crippen LogP contribution in [0, 0.1) is 6.92 Å². The van der Waals surface area contributed by atoms with E-state index in [0.29, 0.717) is 49.7 Å². The number of halogens is 2. The van der Waals surface area contributed by atoms with E-state index in [0.717, 1.165) is 5.56 Å². The molecule has 1 aliphatic rings. The summed E-state index contributed by atoms with van der Waals surface area (Å²) >= 11 is 12.2. The first-order valence-electron chi connectivity index (χ1n) is 9.27. The molecule has 1 aliphatic heterocycles. The van der Waals surface area contributed by atoms with Crippen molar-refractivity contribution in [1.29, 1.82) is 0 Å². The van der Waals surface area contributed by atoms with Gasteiger partial charge in [0.1, 0.15) is 0 Å². The molecule has 0 radical (unpaired) electrons. The van der Waals surface area contributed by atoms with Gasteiger partial charge in [0.05, 0.1) is 15.6 Å². The van der Waals surface area contributed by atoms with Crippen molar-refractivity contribution in [3.8, 4) is 0 Å². The minimum atomic E-state index is -0.158. The van der Waals surface area contributed by atoms with Crippen LogP contribution in [0.25, 0.3) is 0 Å². The van der Waals surface area contributed by atoms with Gasteiger partial charge in [-0.15, -0.1) is 0 Å². The number of carbonyl (C=O) groups is 2. The van der Waals surface area contributed by atoms with Crippen molar-refractivity contribution in [2.75, 3.05) is 26.2 Å².